The van der Waals surface area contributed by atoms with Crippen molar-refractivity contribution in [2.45, 2.75) is 45.8 Å². The van der Waals surface area contributed by atoms with Crippen LogP contribution in [0, 0.1) is 0 Å². The van der Waals surface area contributed by atoms with E-state index in [1.54, 1.807) is 45.9 Å². The van der Waals surface area contributed by atoms with Crippen molar-refractivity contribution in [1.29, 1.82) is 0 Å². The van der Waals surface area contributed by atoms with Gasteiger partial charge in [0, 0.05) is 6.07 Å². The zero-order valence-electron chi connectivity index (χ0n) is 18.1. The molecule has 0 radical (unpaired) electrons. The number of amides is 2. The normalized spacial score (nSPS) is 12.1. The Kier molecular flexibility index (Phi) is 6.74. The van der Waals surface area contributed by atoms with Gasteiger partial charge in [-0.2, -0.15) is 4.98 Å². The van der Waals surface area contributed by atoms with Crippen LogP contribution in [0.15, 0.2) is 60.7 Å². The molecule has 1 atom stereocenters. The Hall–Kier alpha value is -3.61. The third kappa shape index (κ3) is 6.44. The first-order valence-electron chi connectivity index (χ1n) is 10.2. The molecule has 3 rings (SSSR count). The average molecular weight is 421 g/mol. The van der Waals surface area contributed by atoms with Gasteiger partial charge in [0.1, 0.15) is 23.2 Å². The number of fused-ring (bicyclic) bond motifs is 1. The molecule has 0 aliphatic rings. The molecule has 0 fully saturated rings. The molecule has 2 aromatic carbocycles. The first kappa shape index (κ1) is 22.1. The number of benzene rings is 2. The van der Waals surface area contributed by atoms with Crippen LogP contribution in [0.25, 0.3) is 10.8 Å². The van der Waals surface area contributed by atoms with E-state index in [2.05, 4.69) is 15.6 Å². The number of aromatic nitrogens is 1. The van der Waals surface area contributed by atoms with Crippen molar-refractivity contribution in [1.82, 2.24) is 10.3 Å². The van der Waals surface area contributed by atoms with Crippen molar-refractivity contribution in [3.05, 3.63) is 60.7 Å². The highest BCUT2D eigenvalue weighted by molar-refractivity contribution is 5.95. The Bertz CT molecular complexity index is 1080. The van der Waals surface area contributed by atoms with Crippen LogP contribution in [0.5, 0.6) is 11.6 Å². The van der Waals surface area contributed by atoms with E-state index in [4.69, 9.17) is 9.47 Å². The van der Waals surface area contributed by atoms with Crippen LogP contribution in [0.4, 0.5) is 10.6 Å². The summed E-state index contributed by atoms with van der Waals surface area (Å²) >= 11 is 0. The molecule has 7 nitrogen and oxygen atoms in total. The van der Waals surface area contributed by atoms with Crippen LogP contribution in [-0.2, 0) is 9.53 Å². The summed E-state index contributed by atoms with van der Waals surface area (Å²) in [5.41, 5.74) is -0.644. The molecule has 1 aromatic heterocycles. The maximum Gasteiger partial charge on any atom is 0.408 e. The molecule has 0 spiro atoms. The second-order valence-corrected chi connectivity index (χ2v) is 8.07. The highest BCUT2D eigenvalue weighted by Crippen LogP contribution is 2.25. The predicted octanol–water partition coefficient (Wildman–Crippen LogP) is 5.27. The minimum atomic E-state index is -0.748. The number of rotatable bonds is 6. The fourth-order valence-electron chi connectivity index (χ4n) is 2.91. The lowest BCUT2D eigenvalue weighted by Gasteiger charge is -2.22. The lowest BCUT2D eigenvalue weighted by atomic mass is 10.1. The molecule has 0 saturated heterocycles. The number of nitrogens with zero attached hydrogens (tertiary/aromatic N) is 1. The van der Waals surface area contributed by atoms with Gasteiger partial charge in [0.05, 0.1) is 0 Å². The van der Waals surface area contributed by atoms with E-state index >= 15 is 0 Å². The summed E-state index contributed by atoms with van der Waals surface area (Å²) in [6.07, 6.45) is -0.242. The fraction of sp³-hybridized carbons (Fsp3) is 0.292. The molecule has 0 bridgehead atoms. The second-order valence-electron chi connectivity index (χ2n) is 8.07. The van der Waals surface area contributed by atoms with Gasteiger partial charge in [-0.05, 0) is 56.2 Å². The summed E-state index contributed by atoms with van der Waals surface area (Å²) in [7, 11) is 0. The number of pyridine rings is 1. The molecule has 0 unspecified atom stereocenters. The van der Waals surface area contributed by atoms with E-state index in [0.29, 0.717) is 23.9 Å². The van der Waals surface area contributed by atoms with E-state index in [9.17, 15) is 9.59 Å². The van der Waals surface area contributed by atoms with E-state index in [1.807, 2.05) is 42.5 Å². The minimum Gasteiger partial charge on any atom is -0.444 e. The van der Waals surface area contributed by atoms with Crippen molar-refractivity contribution in [2.75, 3.05) is 5.32 Å². The number of alkyl carbamates (subject to hydrolysis) is 1. The van der Waals surface area contributed by atoms with Gasteiger partial charge >= 0.3 is 6.09 Å². The van der Waals surface area contributed by atoms with Gasteiger partial charge in [-0.25, -0.2) is 4.79 Å². The number of nitrogens with one attached hydrogen (secondary N) is 2. The molecule has 3 aromatic rings. The third-order valence-corrected chi connectivity index (χ3v) is 4.33. The lowest BCUT2D eigenvalue weighted by molar-refractivity contribution is -0.118. The van der Waals surface area contributed by atoms with Gasteiger partial charge in [0.15, 0.2) is 0 Å². The molecule has 7 heteroatoms. The molecule has 31 heavy (non-hydrogen) atoms. The number of hydrogen-bond acceptors (Lipinski definition) is 5. The van der Waals surface area contributed by atoms with E-state index < -0.39 is 17.7 Å². The fourth-order valence-corrected chi connectivity index (χ4v) is 2.91. The van der Waals surface area contributed by atoms with Crippen molar-refractivity contribution < 1.29 is 19.1 Å². The highest BCUT2D eigenvalue weighted by atomic mass is 16.6. The van der Waals surface area contributed by atoms with Crippen molar-refractivity contribution in [3.63, 3.8) is 0 Å². The summed E-state index contributed by atoms with van der Waals surface area (Å²) < 4.78 is 11.1. The van der Waals surface area contributed by atoms with Gasteiger partial charge in [-0.3, -0.25) is 4.79 Å². The molecule has 162 valence electrons. The third-order valence-electron chi connectivity index (χ3n) is 4.33. The Morgan fingerprint density at radius 2 is 1.74 bits per heavy atom. The first-order chi connectivity index (χ1) is 14.7. The summed E-state index contributed by atoms with van der Waals surface area (Å²) in [4.78, 5) is 28.9. The maximum atomic E-state index is 12.6. The number of carbonyl (C=O) groups excluding carboxylic acids is 2. The lowest BCUT2D eigenvalue weighted by Crippen LogP contribution is -2.45. The largest absolute Gasteiger partial charge is 0.444 e. The number of ether oxygens (including phenoxy) is 2. The predicted molar refractivity (Wildman–Crippen MR) is 120 cm³/mol. The quantitative estimate of drug-likeness (QED) is 0.566. The summed E-state index contributed by atoms with van der Waals surface area (Å²) in [6, 6.07) is 18.1. The molecule has 0 aliphatic heterocycles. The molecular formula is C24H27N3O4. The molecule has 1 heterocycles. The zero-order valence-corrected chi connectivity index (χ0v) is 18.1. The van der Waals surface area contributed by atoms with E-state index in [1.165, 1.54) is 0 Å². The van der Waals surface area contributed by atoms with Crippen LogP contribution in [0.1, 0.15) is 34.1 Å². The molecule has 0 saturated carbocycles. The molecule has 0 aliphatic carbocycles. The van der Waals surface area contributed by atoms with E-state index in [0.717, 1.165) is 10.8 Å². The van der Waals surface area contributed by atoms with Gasteiger partial charge in [-0.1, -0.05) is 43.3 Å². The van der Waals surface area contributed by atoms with Crippen LogP contribution in [-0.4, -0.2) is 28.6 Å². The first-order valence-corrected chi connectivity index (χ1v) is 10.2. The van der Waals surface area contributed by atoms with Gasteiger partial charge in [-0.15, -0.1) is 0 Å². The number of hydrogen-bond donors (Lipinski definition) is 2. The summed E-state index contributed by atoms with van der Waals surface area (Å²) in [5.74, 6) is 0.936. The highest BCUT2D eigenvalue weighted by Gasteiger charge is 2.23. The summed E-state index contributed by atoms with van der Waals surface area (Å²) in [5, 5.41) is 7.48. The average Bonchev–Trinajstić information content (AvgIpc) is 2.71. The topological polar surface area (TPSA) is 89.5 Å². The second kappa shape index (κ2) is 9.47. The SMILES string of the molecule is CC[C@@H](NC(=O)OC(C)(C)C)C(=O)Nc1cccc(Oc2ccc3ccccc3c2)n1. The van der Waals surface area contributed by atoms with Crippen LogP contribution < -0.4 is 15.4 Å². The molecule has 2 N–H and O–H groups in total. The summed E-state index contributed by atoms with van der Waals surface area (Å²) in [6.45, 7) is 7.09. The smallest absolute Gasteiger partial charge is 0.408 e. The standard InChI is InChI=1S/C24H27N3O4/c1-5-19(25-23(29)31-24(2,3)4)22(28)27-20-11-8-12-21(26-20)30-18-14-13-16-9-6-7-10-17(16)15-18/h6-15,19H,5H2,1-4H3,(H,25,29)(H,26,27,28)/t19-/m1/s1. The van der Waals surface area contributed by atoms with Gasteiger partial charge in [0.25, 0.3) is 0 Å². The number of anilines is 1. The minimum absolute atomic E-state index is 0.327. The Balaban J connectivity index is 1.66. The number of carbonyl (C=O) groups is 2. The molecule has 2 amide bonds. The molecular weight excluding hydrogens is 394 g/mol. The van der Waals surface area contributed by atoms with Crippen molar-refractivity contribution in [2.24, 2.45) is 0 Å². The monoisotopic (exact) mass is 421 g/mol. The zero-order chi connectivity index (χ0) is 22.4. The Morgan fingerprint density at radius 1 is 1.00 bits per heavy atom. The van der Waals surface area contributed by atoms with Crippen molar-refractivity contribution >= 4 is 28.6 Å². The van der Waals surface area contributed by atoms with Crippen LogP contribution in [0.2, 0.25) is 0 Å². The van der Waals surface area contributed by atoms with E-state index in [-0.39, 0.29) is 5.91 Å². The van der Waals surface area contributed by atoms with Crippen molar-refractivity contribution in [3.8, 4) is 11.6 Å². The van der Waals surface area contributed by atoms with Crippen LogP contribution in [0.3, 0.4) is 0 Å². The van der Waals surface area contributed by atoms with Gasteiger partial charge in [0.2, 0.25) is 11.8 Å². The van der Waals surface area contributed by atoms with Crippen LogP contribution >= 0.6 is 0 Å². The Labute approximate surface area is 181 Å². The Morgan fingerprint density at radius 3 is 2.45 bits per heavy atom. The maximum absolute atomic E-state index is 12.6. The van der Waals surface area contributed by atoms with Gasteiger partial charge < -0.3 is 20.1 Å².